The fraction of sp³-hybridized carbons (Fsp3) is 0.385. The lowest BCUT2D eigenvalue weighted by Gasteiger charge is -2.11. The van der Waals surface area contributed by atoms with E-state index in [9.17, 15) is 14.0 Å². The second kappa shape index (κ2) is 7.27. The third-order valence-electron chi connectivity index (χ3n) is 2.76. The monoisotopic (exact) mass is 322 g/mol. The molecule has 0 bridgehead atoms. The van der Waals surface area contributed by atoms with Crippen LogP contribution in [0.4, 0.5) is 4.39 Å². The van der Waals surface area contributed by atoms with Crippen molar-refractivity contribution in [2.45, 2.75) is 31.6 Å². The number of thioether (sulfide) groups is 1. The van der Waals surface area contributed by atoms with Crippen molar-refractivity contribution in [2.24, 2.45) is 5.92 Å². The molecule has 0 atom stereocenters. The van der Waals surface area contributed by atoms with E-state index in [1.54, 1.807) is 0 Å². The molecule has 0 fully saturated rings. The predicted molar refractivity (Wildman–Crippen MR) is 76.5 cm³/mol. The summed E-state index contributed by atoms with van der Waals surface area (Å²) in [6, 6.07) is 2.22. The molecule has 0 aliphatic carbocycles. The fourth-order valence-electron chi connectivity index (χ4n) is 1.57. The molecule has 1 aromatic rings. The zero-order chi connectivity index (χ0) is 14.6. The Balaban J connectivity index is 3.04. The van der Waals surface area contributed by atoms with Crippen LogP contribution in [0.1, 0.15) is 37.0 Å². The van der Waals surface area contributed by atoms with Gasteiger partial charge in [-0.2, -0.15) is 0 Å². The van der Waals surface area contributed by atoms with Gasteiger partial charge >= 0.3 is 0 Å². The van der Waals surface area contributed by atoms with Gasteiger partial charge in [0, 0.05) is 10.8 Å². The topological polar surface area (TPSA) is 34.1 Å². The molecule has 1 aromatic carbocycles. The summed E-state index contributed by atoms with van der Waals surface area (Å²) in [6.07, 6.45) is 1.45. The van der Waals surface area contributed by atoms with Crippen LogP contribution in [-0.2, 0) is 4.79 Å². The maximum Gasteiger partial charge on any atom is 0.255 e. The Hall–Kier alpha value is -0.580. The largest absolute Gasteiger partial charge is 0.287 e. The first kappa shape index (κ1) is 16.5. The average molecular weight is 323 g/mol. The summed E-state index contributed by atoms with van der Waals surface area (Å²) in [7, 11) is 0. The van der Waals surface area contributed by atoms with E-state index in [0.29, 0.717) is 4.90 Å². The van der Waals surface area contributed by atoms with Crippen LogP contribution in [0.25, 0.3) is 0 Å². The highest BCUT2D eigenvalue weighted by atomic mass is 35.5. The van der Waals surface area contributed by atoms with Crippen LogP contribution in [0.3, 0.4) is 0 Å². The summed E-state index contributed by atoms with van der Waals surface area (Å²) in [5.41, 5.74) is -0.272. The molecule has 0 saturated heterocycles. The molecule has 0 aliphatic rings. The number of hydrogen-bond acceptors (Lipinski definition) is 3. The van der Waals surface area contributed by atoms with Crippen LogP contribution in [0.5, 0.6) is 0 Å². The Kier molecular flexibility index (Phi) is 6.30. The molecular formula is C13H13Cl2FO2S. The molecule has 0 spiro atoms. The first-order valence-corrected chi connectivity index (χ1v) is 7.38. The number of halogens is 3. The molecule has 104 valence electrons. The second-order valence-corrected chi connectivity index (χ2v) is 5.77. The summed E-state index contributed by atoms with van der Waals surface area (Å²) in [5, 5.41) is -0.860. The van der Waals surface area contributed by atoms with Crippen molar-refractivity contribution in [2.75, 3.05) is 0 Å². The van der Waals surface area contributed by atoms with Crippen LogP contribution >= 0.6 is 35.0 Å². The zero-order valence-electron chi connectivity index (χ0n) is 10.5. The summed E-state index contributed by atoms with van der Waals surface area (Å²) >= 11 is 12.1. The number of carbonyl (C=O) groups excluding carboxylic acids is 2. The Morgan fingerprint density at radius 3 is 2.37 bits per heavy atom. The van der Waals surface area contributed by atoms with Gasteiger partial charge < -0.3 is 0 Å². The van der Waals surface area contributed by atoms with E-state index in [2.05, 4.69) is 0 Å². The fourth-order valence-corrected chi connectivity index (χ4v) is 3.03. The van der Waals surface area contributed by atoms with Gasteiger partial charge in [-0.15, -0.1) is 0 Å². The summed E-state index contributed by atoms with van der Waals surface area (Å²) < 4.78 is 13.4. The third kappa shape index (κ3) is 4.20. The van der Waals surface area contributed by atoms with E-state index >= 15 is 0 Å². The van der Waals surface area contributed by atoms with Crippen molar-refractivity contribution in [3.05, 3.63) is 28.5 Å². The van der Waals surface area contributed by atoms with Gasteiger partial charge in [0.05, 0.1) is 10.6 Å². The average Bonchev–Trinajstić information content (AvgIpc) is 2.33. The molecule has 19 heavy (non-hydrogen) atoms. The SMILES string of the molecule is CCC(CC)C(=O)Sc1cc(C(=O)Cl)c(F)cc1Cl. The Bertz CT molecular complexity index is 502. The molecule has 0 amide bonds. The lowest BCUT2D eigenvalue weighted by atomic mass is 10.1. The molecule has 0 heterocycles. The Morgan fingerprint density at radius 1 is 1.32 bits per heavy atom. The van der Waals surface area contributed by atoms with Gasteiger partial charge in [-0.05, 0) is 36.6 Å². The highest BCUT2D eigenvalue weighted by molar-refractivity contribution is 8.13. The van der Waals surface area contributed by atoms with Crippen molar-refractivity contribution in [1.82, 2.24) is 0 Å². The quantitative estimate of drug-likeness (QED) is 0.570. The van der Waals surface area contributed by atoms with Crippen molar-refractivity contribution in [3.8, 4) is 0 Å². The van der Waals surface area contributed by atoms with Crippen molar-refractivity contribution in [3.63, 3.8) is 0 Å². The molecule has 0 aromatic heterocycles. The molecule has 0 N–H and O–H groups in total. The van der Waals surface area contributed by atoms with Crippen molar-refractivity contribution in [1.29, 1.82) is 0 Å². The van der Waals surface area contributed by atoms with E-state index in [1.807, 2.05) is 13.8 Å². The standard InChI is InChI=1S/C13H13Cl2FO2S/c1-3-7(4-2)13(18)19-11-5-8(12(15)17)10(16)6-9(11)14/h5-7H,3-4H2,1-2H3. The smallest absolute Gasteiger partial charge is 0.255 e. The molecule has 0 saturated carbocycles. The minimum absolute atomic E-state index is 0.0496. The maximum absolute atomic E-state index is 13.4. The van der Waals surface area contributed by atoms with Gasteiger partial charge in [0.2, 0.25) is 0 Å². The molecule has 0 aliphatic heterocycles. The van der Waals surface area contributed by atoms with E-state index in [1.165, 1.54) is 6.07 Å². The highest BCUT2D eigenvalue weighted by Gasteiger charge is 2.20. The van der Waals surface area contributed by atoms with Gasteiger partial charge in [-0.1, -0.05) is 37.2 Å². The van der Waals surface area contributed by atoms with Gasteiger partial charge in [-0.3, -0.25) is 9.59 Å². The number of carbonyl (C=O) groups is 2. The normalized spacial score (nSPS) is 10.8. The number of benzene rings is 1. The van der Waals surface area contributed by atoms with Crippen LogP contribution in [0, 0.1) is 11.7 Å². The Labute approximate surface area is 125 Å². The summed E-state index contributed by atoms with van der Waals surface area (Å²) in [5.74, 6) is -0.870. The number of rotatable bonds is 5. The molecule has 1 rings (SSSR count). The lowest BCUT2D eigenvalue weighted by molar-refractivity contribution is -0.114. The van der Waals surface area contributed by atoms with Crippen LogP contribution in [0.2, 0.25) is 5.02 Å². The van der Waals surface area contributed by atoms with Gasteiger partial charge in [0.25, 0.3) is 5.24 Å². The molecule has 0 unspecified atom stereocenters. The van der Waals surface area contributed by atoms with Crippen molar-refractivity contribution < 1.29 is 14.0 Å². The Morgan fingerprint density at radius 2 is 1.89 bits per heavy atom. The number of hydrogen-bond donors (Lipinski definition) is 0. The third-order valence-corrected chi connectivity index (χ3v) is 4.48. The molecule has 0 radical (unpaired) electrons. The molecule has 2 nitrogen and oxygen atoms in total. The lowest BCUT2D eigenvalue weighted by Crippen LogP contribution is -2.08. The minimum Gasteiger partial charge on any atom is -0.287 e. The predicted octanol–water partition coefficient (Wildman–Crippen LogP) is 4.91. The van der Waals surface area contributed by atoms with Crippen molar-refractivity contribution >= 4 is 45.3 Å². The second-order valence-electron chi connectivity index (χ2n) is 3.97. The zero-order valence-corrected chi connectivity index (χ0v) is 12.8. The van der Waals surface area contributed by atoms with Crippen LogP contribution < -0.4 is 0 Å². The maximum atomic E-state index is 13.4. The summed E-state index contributed by atoms with van der Waals surface area (Å²) in [6.45, 7) is 3.85. The summed E-state index contributed by atoms with van der Waals surface area (Å²) in [4.78, 5) is 23.4. The van der Waals surface area contributed by atoms with Crippen LogP contribution in [-0.4, -0.2) is 10.4 Å². The van der Waals surface area contributed by atoms with Gasteiger partial charge in [0.1, 0.15) is 5.82 Å². The minimum atomic E-state index is -0.911. The molecular weight excluding hydrogens is 310 g/mol. The highest BCUT2D eigenvalue weighted by Crippen LogP contribution is 2.33. The van der Waals surface area contributed by atoms with E-state index in [0.717, 1.165) is 30.7 Å². The first-order valence-electron chi connectivity index (χ1n) is 5.81. The van der Waals surface area contributed by atoms with E-state index < -0.39 is 11.1 Å². The first-order chi connectivity index (χ1) is 8.90. The molecule has 6 heteroatoms. The van der Waals surface area contributed by atoms with Gasteiger partial charge in [-0.25, -0.2) is 4.39 Å². The van der Waals surface area contributed by atoms with E-state index in [4.69, 9.17) is 23.2 Å². The van der Waals surface area contributed by atoms with E-state index in [-0.39, 0.29) is 21.6 Å². The van der Waals surface area contributed by atoms with Crippen LogP contribution in [0.15, 0.2) is 17.0 Å². The van der Waals surface area contributed by atoms with Gasteiger partial charge in [0.15, 0.2) is 5.12 Å².